The minimum absolute atomic E-state index is 0.0635. The van der Waals surface area contributed by atoms with Crippen LogP contribution in [0.4, 0.5) is 13.2 Å². The summed E-state index contributed by atoms with van der Waals surface area (Å²) >= 11 is 0. The summed E-state index contributed by atoms with van der Waals surface area (Å²) in [5.74, 6) is 2.60. The molecule has 0 aromatic heterocycles. The van der Waals surface area contributed by atoms with E-state index in [1.54, 1.807) is 42.5 Å². The standard InChI is InChI=1S/C18H14F3NO2S/c1-25(18(19,20)21)22-17-13-8-4-2-6-11(13)10-16(17,24)14-9-5-3-7-12(14)15(17)23/h2-9,22,24H,1,10H2. The average molecular weight is 365 g/mol. The van der Waals surface area contributed by atoms with Crippen LogP contribution in [0.15, 0.2) is 48.5 Å². The number of benzene rings is 2. The van der Waals surface area contributed by atoms with Gasteiger partial charge in [-0.05, 0) is 27.4 Å². The molecule has 3 atom stereocenters. The first kappa shape index (κ1) is 16.5. The molecule has 2 aromatic rings. The van der Waals surface area contributed by atoms with Crippen molar-refractivity contribution in [3.05, 3.63) is 70.8 Å². The molecule has 0 radical (unpaired) electrons. The van der Waals surface area contributed by atoms with Crippen LogP contribution in [0.25, 0.3) is 0 Å². The smallest absolute Gasteiger partial charge is 0.382 e. The van der Waals surface area contributed by atoms with E-state index in [0.717, 1.165) is 0 Å². The molecule has 0 aliphatic heterocycles. The number of hydrogen-bond acceptors (Lipinski definition) is 3. The topological polar surface area (TPSA) is 49.3 Å². The van der Waals surface area contributed by atoms with E-state index in [0.29, 0.717) is 16.7 Å². The molecule has 0 saturated carbocycles. The average Bonchev–Trinajstić information content (AvgIpc) is 2.92. The zero-order valence-corrected chi connectivity index (χ0v) is 13.7. The third-order valence-corrected chi connectivity index (χ3v) is 6.11. The fourth-order valence-electron chi connectivity index (χ4n) is 3.95. The highest BCUT2D eigenvalue weighted by molar-refractivity contribution is 8.13. The van der Waals surface area contributed by atoms with Crippen molar-refractivity contribution < 1.29 is 23.1 Å². The summed E-state index contributed by atoms with van der Waals surface area (Å²) in [5.41, 5.74) is -6.66. The van der Waals surface area contributed by atoms with E-state index in [1.807, 2.05) is 0 Å². The lowest BCUT2D eigenvalue weighted by Crippen LogP contribution is -2.55. The largest absolute Gasteiger partial charge is 0.449 e. The van der Waals surface area contributed by atoms with Gasteiger partial charge in [0.1, 0.15) is 5.60 Å². The molecule has 130 valence electrons. The molecule has 3 nitrogen and oxygen atoms in total. The van der Waals surface area contributed by atoms with Crippen LogP contribution in [-0.4, -0.2) is 22.3 Å². The molecule has 0 heterocycles. The summed E-state index contributed by atoms with van der Waals surface area (Å²) in [6.45, 7) is 0. The number of Topliss-reactive ketones (excluding diaryl/α,β-unsaturated/α-hetero) is 1. The Bertz CT molecular complexity index is 927. The van der Waals surface area contributed by atoms with Crippen LogP contribution in [-0.2, 0) is 17.6 Å². The lowest BCUT2D eigenvalue weighted by Gasteiger charge is -2.38. The van der Waals surface area contributed by atoms with Crippen LogP contribution >= 0.6 is 10.7 Å². The number of carbonyl (C=O) groups excluding carboxylic acids is 1. The Morgan fingerprint density at radius 3 is 2.36 bits per heavy atom. The number of nitrogens with one attached hydrogen (secondary N) is 1. The second-order valence-corrected chi connectivity index (χ2v) is 7.71. The number of carbonyl (C=O) groups is 1. The Morgan fingerprint density at radius 2 is 1.68 bits per heavy atom. The summed E-state index contributed by atoms with van der Waals surface area (Å²) in [6, 6.07) is 13.1. The quantitative estimate of drug-likeness (QED) is 0.804. The van der Waals surface area contributed by atoms with E-state index in [4.69, 9.17) is 0 Å². The van der Waals surface area contributed by atoms with E-state index >= 15 is 0 Å². The van der Waals surface area contributed by atoms with Crippen LogP contribution in [0.3, 0.4) is 0 Å². The second-order valence-electron chi connectivity index (χ2n) is 6.26. The van der Waals surface area contributed by atoms with Gasteiger partial charge in [-0.2, -0.15) is 13.2 Å². The van der Waals surface area contributed by atoms with Crippen LogP contribution in [0, 0.1) is 0 Å². The molecular weight excluding hydrogens is 351 g/mol. The Kier molecular flexibility index (Phi) is 3.32. The summed E-state index contributed by atoms with van der Waals surface area (Å²) in [4.78, 5) is 13.2. The van der Waals surface area contributed by atoms with Gasteiger partial charge in [0.25, 0.3) is 0 Å². The Hall–Kier alpha value is -1.96. The maximum absolute atomic E-state index is 13.2. The molecule has 7 heteroatoms. The van der Waals surface area contributed by atoms with Gasteiger partial charge >= 0.3 is 5.51 Å². The van der Waals surface area contributed by atoms with E-state index in [-0.39, 0.29) is 12.0 Å². The number of halogens is 3. The minimum Gasteiger partial charge on any atom is -0.382 e. The highest BCUT2D eigenvalue weighted by atomic mass is 32.2. The lowest BCUT2D eigenvalue weighted by molar-refractivity contribution is -0.0395. The molecule has 25 heavy (non-hydrogen) atoms. The first-order valence-electron chi connectivity index (χ1n) is 7.55. The monoisotopic (exact) mass is 365 g/mol. The Morgan fingerprint density at radius 1 is 1.08 bits per heavy atom. The predicted molar refractivity (Wildman–Crippen MR) is 90.4 cm³/mol. The van der Waals surface area contributed by atoms with Crippen molar-refractivity contribution in [3.63, 3.8) is 0 Å². The van der Waals surface area contributed by atoms with Gasteiger partial charge in [-0.3, -0.25) is 4.79 Å². The number of fused-ring (bicyclic) bond motifs is 5. The first-order chi connectivity index (χ1) is 11.7. The first-order valence-corrected chi connectivity index (χ1v) is 8.95. The molecule has 2 aromatic carbocycles. The second kappa shape index (κ2) is 5.03. The van der Waals surface area contributed by atoms with Gasteiger partial charge in [-0.15, -0.1) is 0 Å². The van der Waals surface area contributed by atoms with E-state index in [1.165, 1.54) is 6.07 Å². The normalized spacial score (nSPS) is 28.4. The third-order valence-electron chi connectivity index (χ3n) is 5.00. The van der Waals surface area contributed by atoms with Gasteiger partial charge in [0.05, 0.1) is 0 Å². The summed E-state index contributed by atoms with van der Waals surface area (Å²) in [7, 11) is -2.52. The lowest BCUT2D eigenvalue weighted by atomic mass is 9.81. The van der Waals surface area contributed by atoms with Crippen molar-refractivity contribution in [1.82, 2.24) is 4.72 Å². The van der Waals surface area contributed by atoms with Crippen LogP contribution in [0.5, 0.6) is 0 Å². The molecular formula is C18H14F3NO2S. The summed E-state index contributed by atoms with van der Waals surface area (Å²) in [5, 5.41) is 11.5. The maximum atomic E-state index is 13.2. The van der Waals surface area contributed by atoms with Crippen LogP contribution in [0.2, 0.25) is 0 Å². The van der Waals surface area contributed by atoms with Crippen molar-refractivity contribution in [2.45, 2.75) is 23.1 Å². The van der Waals surface area contributed by atoms with Gasteiger partial charge in [0, 0.05) is 12.0 Å². The Labute approximate surface area is 144 Å². The fourth-order valence-corrected chi connectivity index (χ4v) is 4.81. The van der Waals surface area contributed by atoms with Crippen LogP contribution < -0.4 is 4.72 Å². The van der Waals surface area contributed by atoms with Gasteiger partial charge in [0.2, 0.25) is 0 Å². The Balaban J connectivity index is 1.99. The van der Waals surface area contributed by atoms with Gasteiger partial charge in [-0.25, -0.2) is 4.72 Å². The zero-order valence-electron chi connectivity index (χ0n) is 12.9. The molecule has 0 spiro atoms. The number of hydrogen-bond donors (Lipinski definition) is 2. The molecule has 4 rings (SSSR count). The number of aliphatic hydroxyl groups is 1. The van der Waals surface area contributed by atoms with Crippen molar-refractivity contribution in [2.24, 2.45) is 0 Å². The number of alkyl halides is 3. The molecule has 0 bridgehead atoms. The van der Waals surface area contributed by atoms with Gasteiger partial charge < -0.3 is 5.11 Å². The van der Waals surface area contributed by atoms with Crippen molar-refractivity contribution in [1.29, 1.82) is 0 Å². The molecule has 2 aliphatic carbocycles. The van der Waals surface area contributed by atoms with Crippen LogP contribution in [0.1, 0.15) is 27.0 Å². The molecule has 2 aliphatic rings. The van der Waals surface area contributed by atoms with Crippen molar-refractivity contribution in [2.75, 3.05) is 0 Å². The highest BCUT2D eigenvalue weighted by Crippen LogP contribution is 2.58. The zero-order chi connectivity index (χ0) is 18.0. The molecule has 3 unspecified atom stereocenters. The molecule has 0 amide bonds. The molecule has 0 fully saturated rings. The van der Waals surface area contributed by atoms with E-state index < -0.39 is 33.1 Å². The minimum atomic E-state index is -4.62. The van der Waals surface area contributed by atoms with Gasteiger partial charge in [-0.1, -0.05) is 54.4 Å². The maximum Gasteiger partial charge on any atom is 0.449 e. The number of rotatable bonds is 2. The van der Waals surface area contributed by atoms with E-state index in [2.05, 4.69) is 10.6 Å². The fraction of sp³-hybridized carbons (Fsp3) is 0.222. The highest BCUT2D eigenvalue weighted by Gasteiger charge is 2.68. The molecule has 0 saturated heterocycles. The molecule has 2 N–H and O–H groups in total. The SMILES string of the molecule is C=S(NC12C(=O)c3ccccc3C1(O)Cc1ccccc12)C(F)(F)F. The van der Waals surface area contributed by atoms with Gasteiger partial charge in [0.15, 0.2) is 11.3 Å². The van der Waals surface area contributed by atoms with E-state index in [9.17, 15) is 23.1 Å². The summed E-state index contributed by atoms with van der Waals surface area (Å²) in [6.07, 6.45) is 0.0635. The third kappa shape index (κ3) is 1.97. The van der Waals surface area contributed by atoms with Crippen molar-refractivity contribution in [3.8, 4) is 0 Å². The summed E-state index contributed by atoms with van der Waals surface area (Å²) < 4.78 is 42.0. The predicted octanol–water partition coefficient (Wildman–Crippen LogP) is 3.25. The van der Waals surface area contributed by atoms with Crippen molar-refractivity contribution >= 4 is 22.3 Å². The number of ketones is 1.